The summed E-state index contributed by atoms with van der Waals surface area (Å²) >= 11 is 0. The van der Waals surface area contributed by atoms with Crippen LogP contribution in [-0.2, 0) is 6.54 Å². The van der Waals surface area contributed by atoms with Crippen molar-refractivity contribution in [1.82, 2.24) is 15.0 Å². The van der Waals surface area contributed by atoms with Crippen LogP contribution < -0.4 is 0 Å². The van der Waals surface area contributed by atoms with E-state index in [0.717, 1.165) is 11.3 Å². The Morgan fingerprint density at radius 1 is 1.05 bits per heavy atom. The van der Waals surface area contributed by atoms with Crippen LogP contribution >= 0.6 is 0 Å². The van der Waals surface area contributed by atoms with Gasteiger partial charge in [0.05, 0.1) is 6.20 Å². The van der Waals surface area contributed by atoms with Gasteiger partial charge in [0.2, 0.25) is 0 Å². The van der Waals surface area contributed by atoms with Gasteiger partial charge in [0.1, 0.15) is 12.2 Å². The first-order chi connectivity index (χ1) is 10.2. The summed E-state index contributed by atoms with van der Waals surface area (Å²) in [5.41, 5.74) is 3.66. The third-order valence-electron chi connectivity index (χ3n) is 3.29. The minimum Gasteiger partial charge on any atom is -0.292 e. The lowest BCUT2D eigenvalue weighted by atomic mass is 10.1. The van der Waals surface area contributed by atoms with Crippen LogP contribution in [0, 0.1) is 6.92 Å². The van der Waals surface area contributed by atoms with Gasteiger partial charge in [-0.25, -0.2) is 4.68 Å². The van der Waals surface area contributed by atoms with Crippen LogP contribution in [0.15, 0.2) is 60.8 Å². The van der Waals surface area contributed by atoms with Gasteiger partial charge in [-0.2, -0.15) is 0 Å². The maximum atomic E-state index is 12.1. The Bertz CT molecular complexity index is 745. The number of benzene rings is 2. The lowest BCUT2D eigenvalue weighted by Gasteiger charge is -2.00. The third-order valence-corrected chi connectivity index (χ3v) is 3.29. The lowest BCUT2D eigenvalue weighted by molar-refractivity contribution is 0.0967. The van der Waals surface area contributed by atoms with E-state index in [2.05, 4.69) is 10.3 Å². The Kier molecular flexibility index (Phi) is 3.60. The number of carbonyl (C=O) groups is 1. The highest BCUT2D eigenvalue weighted by atomic mass is 16.1. The second-order valence-corrected chi connectivity index (χ2v) is 4.96. The zero-order valence-electron chi connectivity index (χ0n) is 11.7. The second-order valence-electron chi connectivity index (χ2n) is 4.96. The van der Waals surface area contributed by atoms with Crippen molar-refractivity contribution in [3.8, 4) is 11.3 Å². The zero-order chi connectivity index (χ0) is 14.7. The van der Waals surface area contributed by atoms with Gasteiger partial charge in [-0.15, -0.1) is 5.10 Å². The molecule has 2 aromatic carbocycles. The molecule has 0 amide bonds. The number of hydrogen-bond donors (Lipinski definition) is 0. The summed E-state index contributed by atoms with van der Waals surface area (Å²) in [6.45, 7) is 2.24. The van der Waals surface area contributed by atoms with E-state index in [-0.39, 0.29) is 12.3 Å². The van der Waals surface area contributed by atoms with Crippen LogP contribution in [0.4, 0.5) is 0 Å². The largest absolute Gasteiger partial charge is 0.292 e. The number of rotatable bonds is 4. The van der Waals surface area contributed by atoms with E-state index in [0.29, 0.717) is 5.56 Å². The average molecular weight is 277 g/mol. The molecule has 0 spiro atoms. The highest BCUT2D eigenvalue weighted by molar-refractivity contribution is 5.95. The van der Waals surface area contributed by atoms with Gasteiger partial charge < -0.3 is 0 Å². The summed E-state index contributed by atoms with van der Waals surface area (Å²) in [4.78, 5) is 12.1. The molecule has 0 aliphatic carbocycles. The molecular weight excluding hydrogens is 262 g/mol. The molecule has 21 heavy (non-hydrogen) atoms. The molecule has 0 N–H and O–H groups in total. The van der Waals surface area contributed by atoms with E-state index in [1.165, 1.54) is 5.56 Å². The molecule has 3 rings (SSSR count). The first-order valence-corrected chi connectivity index (χ1v) is 6.78. The van der Waals surface area contributed by atoms with Gasteiger partial charge in [-0.1, -0.05) is 65.4 Å². The predicted octanol–water partition coefficient (Wildman–Crippen LogP) is 3.14. The monoisotopic (exact) mass is 277 g/mol. The van der Waals surface area contributed by atoms with E-state index in [9.17, 15) is 4.79 Å². The van der Waals surface area contributed by atoms with Crippen LogP contribution in [-0.4, -0.2) is 20.8 Å². The van der Waals surface area contributed by atoms with Gasteiger partial charge >= 0.3 is 0 Å². The minimum absolute atomic E-state index is 0.0240. The fourth-order valence-electron chi connectivity index (χ4n) is 2.09. The number of Topliss-reactive ketones (excluding diaryl/α,β-unsaturated/α-hetero) is 1. The number of hydrogen-bond acceptors (Lipinski definition) is 3. The Balaban J connectivity index is 1.76. The number of aromatic nitrogens is 3. The molecule has 0 fully saturated rings. The average Bonchev–Trinajstić information content (AvgIpc) is 2.97. The standard InChI is InChI=1S/C17H15N3O/c1-13-7-9-14(10-8-13)16-11-20(19-18-16)12-17(21)15-5-3-2-4-6-15/h2-11H,12H2,1H3. The minimum atomic E-state index is 0.0240. The van der Waals surface area contributed by atoms with Gasteiger partial charge in [0.15, 0.2) is 5.78 Å². The van der Waals surface area contributed by atoms with E-state index in [4.69, 9.17) is 0 Å². The molecule has 0 saturated heterocycles. The molecule has 0 radical (unpaired) electrons. The first kappa shape index (κ1) is 13.2. The van der Waals surface area contributed by atoms with Crippen molar-refractivity contribution in [3.05, 3.63) is 71.9 Å². The Labute approximate surface area is 123 Å². The number of nitrogens with zero attached hydrogens (tertiary/aromatic N) is 3. The molecule has 0 saturated carbocycles. The first-order valence-electron chi connectivity index (χ1n) is 6.78. The molecule has 104 valence electrons. The molecule has 0 aliphatic heterocycles. The summed E-state index contributed by atoms with van der Waals surface area (Å²) in [5.74, 6) is 0.0240. The Morgan fingerprint density at radius 3 is 2.48 bits per heavy atom. The van der Waals surface area contributed by atoms with Crippen molar-refractivity contribution in [2.45, 2.75) is 13.5 Å². The summed E-state index contributed by atoms with van der Waals surface area (Å²) in [6.07, 6.45) is 1.80. The molecule has 4 nitrogen and oxygen atoms in total. The zero-order valence-corrected chi connectivity index (χ0v) is 11.7. The summed E-state index contributed by atoms with van der Waals surface area (Å²) in [5, 5.41) is 8.15. The molecule has 0 atom stereocenters. The third kappa shape index (κ3) is 3.05. The van der Waals surface area contributed by atoms with Crippen LogP contribution in [0.2, 0.25) is 0 Å². The normalized spacial score (nSPS) is 10.5. The van der Waals surface area contributed by atoms with Gasteiger partial charge in [0.25, 0.3) is 0 Å². The van der Waals surface area contributed by atoms with Crippen molar-refractivity contribution < 1.29 is 4.79 Å². The van der Waals surface area contributed by atoms with Crippen LogP contribution in [0.25, 0.3) is 11.3 Å². The molecule has 0 aliphatic rings. The van der Waals surface area contributed by atoms with Crippen molar-refractivity contribution >= 4 is 5.78 Å². The molecule has 1 aromatic heterocycles. The van der Waals surface area contributed by atoms with E-state index in [1.807, 2.05) is 49.4 Å². The van der Waals surface area contributed by atoms with Crippen LogP contribution in [0.1, 0.15) is 15.9 Å². The quantitative estimate of drug-likeness (QED) is 0.688. The summed E-state index contributed by atoms with van der Waals surface area (Å²) in [6, 6.07) is 17.3. The highest BCUT2D eigenvalue weighted by Gasteiger charge is 2.09. The molecule has 4 heteroatoms. The fourth-order valence-corrected chi connectivity index (χ4v) is 2.09. The van der Waals surface area contributed by atoms with E-state index < -0.39 is 0 Å². The Hall–Kier alpha value is -2.75. The maximum absolute atomic E-state index is 12.1. The smallest absolute Gasteiger partial charge is 0.184 e. The lowest BCUT2D eigenvalue weighted by Crippen LogP contribution is -2.10. The van der Waals surface area contributed by atoms with Crippen LogP contribution in [0.5, 0.6) is 0 Å². The van der Waals surface area contributed by atoms with Gasteiger partial charge in [-0.05, 0) is 6.92 Å². The van der Waals surface area contributed by atoms with Gasteiger partial charge in [-0.3, -0.25) is 4.79 Å². The second kappa shape index (κ2) is 5.71. The molecular formula is C17H15N3O. The van der Waals surface area contributed by atoms with Crippen molar-refractivity contribution in [1.29, 1.82) is 0 Å². The summed E-state index contributed by atoms with van der Waals surface area (Å²) in [7, 11) is 0. The topological polar surface area (TPSA) is 47.8 Å². The predicted molar refractivity (Wildman–Crippen MR) is 81.0 cm³/mol. The van der Waals surface area contributed by atoms with Crippen molar-refractivity contribution in [2.75, 3.05) is 0 Å². The number of ketones is 1. The fraction of sp³-hybridized carbons (Fsp3) is 0.118. The highest BCUT2D eigenvalue weighted by Crippen LogP contribution is 2.16. The SMILES string of the molecule is Cc1ccc(-c2cn(CC(=O)c3ccccc3)nn2)cc1. The number of aryl methyl sites for hydroxylation is 1. The number of carbonyl (C=O) groups excluding carboxylic acids is 1. The van der Waals surface area contributed by atoms with Gasteiger partial charge in [0, 0.05) is 11.1 Å². The Morgan fingerprint density at radius 2 is 1.76 bits per heavy atom. The van der Waals surface area contributed by atoms with E-state index in [1.54, 1.807) is 23.0 Å². The van der Waals surface area contributed by atoms with Crippen molar-refractivity contribution in [2.24, 2.45) is 0 Å². The molecule has 0 bridgehead atoms. The maximum Gasteiger partial charge on any atom is 0.184 e. The van der Waals surface area contributed by atoms with Crippen molar-refractivity contribution in [3.63, 3.8) is 0 Å². The van der Waals surface area contributed by atoms with Crippen LogP contribution in [0.3, 0.4) is 0 Å². The molecule has 0 unspecified atom stereocenters. The summed E-state index contributed by atoms with van der Waals surface area (Å²) < 4.78 is 1.57. The molecule has 3 aromatic rings. The molecule has 1 heterocycles. The van der Waals surface area contributed by atoms with E-state index >= 15 is 0 Å².